The summed E-state index contributed by atoms with van der Waals surface area (Å²) in [4.78, 5) is 9.68. The number of nitrogens with one attached hydrogen (secondary N) is 2. The van der Waals surface area contributed by atoms with Gasteiger partial charge in [-0.15, -0.1) is 35.7 Å². The number of pyridine rings is 1. The van der Waals surface area contributed by atoms with Gasteiger partial charge >= 0.3 is 0 Å². The van der Waals surface area contributed by atoms with Crippen molar-refractivity contribution in [3.63, 3.8) is 0 Å². The van der Waals surface area contributed by atoms with Gasteiger partial charge in [0, 0.05) is 47.6 Å². The first-order valence-electron chi connectivity index (χ1n) is 9.71. The molecular formula is C22H26ClIN4O2S. The van der Waals surface area contributed by atoms with Gasteiger partial charge in [-0.1, -0.05) is 11.6 Å². The second-order valence-electron chi connectivity index (χ2n) is 6.47. The van der Waals surface area contributed by atoms with E-state index in [0.717, 1.165) is 35.1 Å². The Kier molecular flexibility index (Phi) is 11.8. The maximum Gasteiger partial charge on any atom is 0.191 e. The van der Waals surface area contributed by atoms with Crippen LogP contribution in [0.5, 0.6) is 0 Å². The molecule has 1 aromatic carbocycles. The number of aliphatic hydroxyl groups excluding tert-OH is 1. The van der Waals surface area contributed by atoms with Crippen molar-refractivity contribution in [3.8, 4) is 0 Å². The third-order valence-electron chi connectivity index (χ3n) is 4.23. The van der Waals surface area contributed by atoms with Crippen molar-refractivity contribution in [1.82, 2.24) is 15.6 Å². The van der Waals surface area contributed by atoms with Crippen LogP contribution in [0.4, 0.5) is 0 Å². The number of hydrogen-bond donors (Lipinski definition) is 3. The Bertz CT molecular complexity index is 896. The van der Waals surface area contributed by atoms with E-state index >= 15 is 0 Å². The van der Waals surface area contributed by atoms with E-state index in [1.54, 1.807) is 42.6 Å². The highest BCUT2D eigenvalue weighted by Gasteiger charge is 2.07. The first-order chi connectivity index (χ1) is 14.7. The number of hydrogen-bond acceptors (Lipinski definition) is 5. The average molecular weight is 573 g/mol. The monoisotopic (exact) mass is 572 g/mol. The van der Waals surface area contributed by atoms with Crippen molar-refractivity contribution < 1.29 is 9.52 Å². The summed E-state index contributed by atoms with van der Waals surface area (Å²) >= 11 is 7.67. The molecule has 0 saturated carbocycles. The second-order valence-corrected chi connectivity index (χ2v) is 8.08. The molecule has 0 amide bonds. The molecule has 0 spiro atoms. The number of aliphatic hydroxyl groups is 1. The van der Waals surface area contributed by atoms with Crippen LogP contribution < -0.4 is 10.6 Å². The molecule has 0 aliphatic rings. The summed E-state index contributed by atoms with van der Waals surface area (Å²) in [5.74, 6) is 2.44. The minimum atomic E-state index is -0.680. The van der Waals surface area contributed by atoms with E-state index in [2.05, 4.69) is 20.6 Å². The number of benzene rings is 1. The summed E-state index contributed by atoms with van der Waals surface area (Å²) in [6.07, 6.45) is 5.07. The van der Waals surface area contributed by atoms with Gasteiger partial charge in [-0.2, -0.15) is 0 Å². The first-order valence-corrected chi connectivity index (χ1v) is 11.1. The van der Waals surface area contributed by atoms with Gasteiger partial charge in [-0.05, 0) is 54.1 Å². The highest BCUT2D eigenvalue weighted by Crippen LogP contribution is 2.19. The van der Waals surface area contributed by atoms with Crippen molar-refractivity contribution in [3.05, 3.63) is 83.5 Å². The molecule has 3 N–H and O–H groups in total. The van der Waals surface area contributed by atoms with E-state index < -0.39 is 6.10 Å². The third-order valence-corrected chi connectivity index (χ3v) is 5.50. The lowest BCUT2D eigenvalue weighted by molar-refractivity contribution is 0.187. The molecule has 0 fully saturated rings. The standard InChI is InChI=1S/C22H25ClN4O2S.HI/c23-18-3-5-20(6-4-18)30-15-13-26-22(25-12-9-19-2-1-14-29-19)27-16-21(28)17-7-10-24-11-8-17;/h1-8,10-11,14,21,28H,9,12-13,15-16H2,(H2,25,26,27);1H. The Morgan fingerprint density at radius 1 is 1.10 bits per heavy atom. The molecule has 3 rings (SSSR count). The Morgan fingerprint density at radius 2 is 1.84 bits per heavy atom. The number of thioether (sulfide) groups is 1. The zero-order valence-electron chi connectivity index (χ0n) is 16.9. The van der Waals surface area contributed by atoms with Crippen LogP contribution in [0.1, 0.15) is 17.4 Å². The highest BCUT2D eigenvalue weighted by molar-refractivity contribution is 14.0. The Morgan fingerprint density at radius 3 is 2.55 bits per heavy atom. The molecule has 0 radical (unpaired) electrons. The van der Waals surface area contributed by atoms with Crippen LogP contribution in [-0.4, -0.2) is 41.4 Å². The summed E-state index contributed by atoms with van der Waals surface area (Å²) in [6, 6.07) is 15.2. The van der Waals surface area contributed by atoms with Gasteiger partial charge in [0.05, 0.1) is 18.9 Å². The molecule has 1 atom stereocenters. The van der Waals surface area contributed by atoms with Gasteiger partial charge in [-0.25, -0.2) is 0 Å². The quantitative estimate of drug-likeness (QED) is 0.109. The van der Waals surface area contributed by atoms with E-state index in [1.807, 2.05) is 36.4 Å². The molecule has 0 saturated heterocycles. The van der Waals surface area contributed by atoms with Gasteiger partial charge in [0.25, 0.3) is 0 Å². The molecule has 0 bridgehead atoms. The molecule has 2 heterocycles. The fourth-order valence-electron chi connectivity index (χ4n) is 2.67. The van der Waals surface area contributed by atoms with Crippen molar-refractivity contribution >= 4 is 53.3 Å². The van der Waals surface area contributed by atoms with Crippen LogP contribution in [0, 0.1) is 0 Å². The highest BCUT2D eigenvalue weighted by atomic mass is 127. The molecule has 3 aromatic rings. The first kappa shape index (κ1) is 25.5. The summed E-state index contributed by atoms with van der Waals surface area (Å²) in [7, 11) is 0. The number of halogens is 2. The molecule has 1 unspecified atom stereocenters. The van der Waals surface area contributed by atoms with Crippen LogP contribution in [0.25, 0.3) is 0 Å². The van der Waals surface area contributed by atoms with Crippen LogP contribution in [0.2, 0.25) is 5.02 Å². The van der Waals surface area contributed by atoms with E-state index in [1.165, 1.54) is 4.90 Å². The normalized spacial score (nSPS) is 12.1. The van der Waals surface area contributed by atoms with Crippen LogP contribution in [-0.2, 0) is 6.42 Å². The third kappa shape index (κ3) is 9.51. The molecule has 2 aromatic heterocycles. The number of guanidine groups is 1. The zero-order chi connectivity index (χ0) is 21.0. The van der Waals surface area contributed by atoms with Crippen molar-refractivity contribution in [2.75, 3.05) is 25.4 Å². The maximum atomic E-state index is 10.4. The van der Waals surface area contributed by atoms with Crippen LogP contribution in [0.3, 0.4) is 0 Å². The predicted octanol–water partition coefficient (Wildman–Crippen LogP) is 4.55. The van der Waals surface area contributed by atoms with E-state index in [-0.39, 0.29) is 30.5 Å². The topological polar surface area (TPSA) is 82.7 Å². The molecular weight excluding hydrogens is 547 g/mol. The summed E-state index contributed by atoms with van der Waals surface area (Å²) in [5.41, 5.74) is 0.793. The molecule has 31 heavy (non-hydrogen) atoms. The minimum Gasteiger partial charge on any atom is -0.469 e. The lowest BCUT2D eigenvalue weighted by atomic mass is 10.1. The molecule has 166 valence electrons. The van der Waals surface area contributed by atoms with Crippen molar-refractivity contribution in [2.24, 2.45) is 4.99 Å². The number of rotatable bonds is 10. The smallest absolute Gasteiger partial charge is 0.191 e. The molecule has 9 heteroatoms. The number of furan rings is 1. The van der Waals surface area contributed by atoms with Gasteiger partial charge in [0.2, 0.25) is 0 Å². The SMILES string of the molecule is I.OC(CN=C(NCCSc1ccc(Cl)cc1)NCCc1ccco1)c1ccncc1. The minimum absolute atomic E-state index is 0. The number of aliphatic imine (C=N–C) groups is 1. The second kappa shape index (κ2) is 14.3. The average Bonchev–Trinajstić information content (AvgIpc) is 3.29. The summed E-state index contributed by atoms with van der Waals surface area (Å²) in [6.45, 7) is 1.66. The van der Waals surface area contributed by atoms with E-state index in [4.69, 9.17) is 16.0 Å². The summed E-state index contributed by atoms with van der Waals surface area (Å²) in [5, 5.41) is 17.7. The Balaban J connectivity index is 0.00000341. The van der Waals surface area contributed by atoms with Gasteiger partial charge in [-0.3, -0.25) is 9.98 Å². The number of nitrogens with zero attached hydrogens (tertiary/aromatic N) is 2. The van der Waals surface area contributed by atoms with Crippen molar-refractivity contribution in [2.45, 2.75) is 17.4 Å². The fraction of sp³-hybridized carbons (Fsp3) is 0.273. The molecule has 0 aliphatic carbocycles. The largest absolute Gasteiger partial charge is 0.469 e. The number of aromatic nitrogens is 1. The Labute approximate surface area is 208 Å². The molecule has 0 aliphatic heterocycles. The van der Waals surface area contributed by atoms with Crippen LogP contribution in [0.15, 0.2) is 81.5 Å². The Hall–Kier alpha value is -1.75. The zero-order valence-corrected chi connectivity index (χ0v) is 20.8. The van der Waals surface area contributed by atoms with Gasteiger partial charge in [0.1, 0.15) is 5.76 Å². The van der Waals surface area contributed by atoms with Gasteiger partial charge < -0.3 is 20.2 Å². The predicted molar refractivity (Wildman–Crippen MR) is 138 cm³/mol. The summed E-state index contributed by atoms with van der Waals surface area (Å²) < 4.78 is 5.37. The maximum absolute atomic E-state index is 10.4. The lowest BCUT2D eigenvalue weighted by Gasteiger charge is -2.14. The van der Waals surface area contributed by atoms with Crippen molar-refractivity contribution in [1.29, 1.82) is 0 Å². The molecule has 6 nitrogen and oxygen atoms in total. The fourth-order valence-corrected chi connectivity index (χ4v) is 3.57. The van der Waals surface area contributed by atoms with Gasteiger partial charge in [0.15, 0.2) is 5.96 Å². The van der Waals surface area contributed by atoms with Crippen LogP contribution >= 0.6 is 47.3 Å². The van der Waals surface area contributed by atoms with E-state index in [9.17, 15) is 5.11 Å². The lowest BCUT2D eigenvalue weighted by Crippen LogP contribution is -2.39. The van der Waals surface area contributed by atoms with E-state index in [0.29, 0.717) is 12.5 Å².